The van der Waals surface area contributed by atoms with Crippen molar-refractivity contribution in [3.63, 3.8) is 0 Å². The van der Waals surface area contributed by atoms with Crippen LogP contribution in [0.25, 0.3) is 10.4 Å². The first kappa shape index (κ1) is 9.55. The van der Waals surface area contributed by atoms with Crippen molar-refractivity contribution in [3.05, 3.63) is 46.3 Å². The van der Waals surface area contributed by atoms with Gasteiger partial charge >= 0.3 is 0 Å². The van der Waals surface area contributed by atoms with E-state index in [2.05, 4.69) is 15.2 Å². The molecular weight excluding hydrogens is 192 g/mol. The van der Waals surface area contributed by atoms with Crippen molar-refractivity contribution < 1.29 is 4.84 Å². The lowest BCUT2D eigenvalue weighted by Gasteiger charge is -2.06. The van der Waals surface area contributed by atoms with Crippen molar-refractivity contribution in [2.45, 2.75) is 12.5 Å². The van der Waals surface area contributed by atoms with Gasteiger partial charge in [0.25, 0.3) is 0 Å². The van der Waals surface area contributed by atoms with E-state index in [4.69, 9.17) is 10.4 Å². The fourth-order valence-corrected chi connectivity index (χ4v) is 1.48. The molecule has 5 nitrogen and oxygen atoms in total. The van der Waals surface area contributed by atoms with Crippen LogP contribution in [0, 0.1) is 0 Å². The number of hydrogen-bond acceptors (Lipinski definition) is 3. The Morgan fingerprint density at radius 3 is 3.00 bits per heavy atom. The first-order chi connectivity index (χ1) is 7.40. The zero-order valence-electron chi connectivity index (χ0n) is 8.08. The van der Waals surface area contributed by atoms with E-state index >= 15 is 0 Å². The summed E-state index contributed by atoms with van der Waals surface area (Å²) in [6.07, 6.45) is 0.665. The Morgan fingerprint density at radius 2 is 2.27 bits per heavy atom. The molecule has 1 atom stereocenters. The third-order valence-corrected chi connectivity index (χ3v) is 2.22. The van der Waals surface area contributed by atoms with Gasteiger partial charge in [-0.3, -0.25) is 0 Å². The summed E-state index contributed by atoms with van der Waals surface area (Å²) >= 11 is 0. The smallest absolute Gasteiger partial charge is 0.157 e. The summed E-state index contributed by atoms with van der Waals surface area (Å²) in [5.41, 5.74) is 10.1. The number of hydrogen-bond donors (Lipinski definition) is 0. The molecule has 15 heavy (non-hydrogen) atoms. The molecule has 2 rings (SSSR count). The van der Waals surface area contributed by atoms with Gasteiger partial charge in [0.15, 0.2) is 6.10 Å². The Labute approximate surface area is 87.0 Å². The van der Waals surface area contributed by atoms with Gasteiger partial charge in [0.2, 0.25) is 0 Å². The highest BCUT2D eigenvalue weighted by molar-refractivity contribution is 5.87. The van der Waals surface area contributed by atoms with E-state index in [-0.39, 0.29) is 6.10 Å². The van der Waals surface area contributed by atoms with E-state index in [1.54, 1.807) is 0 Å². The van der Waals surface area contributed by atoms with E-state index in [9.17, 15) is 0 Å². The number of oxime groups is 1. The minimum Gasteiger partial charge on any atom is -0.387 e. The molecule has 0 aliphatic carbocycles. The van der Waals surface area contributed by atoms with Crippen LogP contribution >= 0.6 is 0 Å². The van der Waals surface area contributed by atoms with Gasteiger partial charge in [0.1, 0.15) is 0 Å². The normalized spacial score (nSPS) is 18.9. The lowest BCUT2D eigenvalue weighted by atomic mass is 10.1. The number of azide groups is 1. The summed E-state index contributed by atoms with van der Waals surface area (Å²) in [6.45, 7) is 0.292. The Kier molecular flexibility index (Phi) is 2.85. The number of benzene rings is 1. The molecular formula is C10H10N4O. The van der Waals surface area contributed by atoms with Gasteiger partial charge in [0, 0.05) is 11.3 Å². The molecule has 76 valence electrons. The van der Waals surface area contributed by atoms with Crippen LogP contribution < -0.4 is 0 Å². The molecule has 0 saturated carbocycles. The molecule has 1 aliphatic rings. The molecule has 0 spiro atoms. The van der Waals surface area contributed by atoms with Crippen molar-refractivity contribution in [1.29, 1.82) is 0 Å². The molecule has 0 amide bonds. The molecule has 0 N–H and O–H groups in total. The molecule has 1 aromatic rings. The van der Waals surface area contributed by atoms with E-state index in [1.165, 1.54) is 0 Å². The van der Waals surface area contributed by atoms with Gasteiger partial charge in [-0.15, -0.1) is 0 Å². The van der Waals surface area contributed by atoms with Crippen LogP contribution in [-0.4, -0.2) is 12.3 Å². The second-order valence-electron chi connectivity index (χ2n) is 3.26. The second-order valence-corrected chi connectivity index (χ2v) is 3.26. The highest BCUT2D eigenvalue weighted by Gasteiger charge is 2.21. The maximum Gasteiger partial charge on any atom is 0.157 e. The summed E-state index contributed by atoms with van der Waals surface area (Å²) in [5, 5.41) is 7.33. The average molecular weight is 202 g/mol. The topological polar surface area (TPSA) is 70.4 Å². The highest BCUT2D eigenvalue weighted by Crippen LogP contribution is 2.26. The van der Waals surface area contributed by atoms with Gasteiger partial charge in [-0.25, -0.2) is 0 Å². The standard InChI is InChI=1S/C10H10N4O/c11-14-12-7-9-6-10(15-13-9)8-4-2-1-3-5-8/h1-5,10H,6-7H2. The zero-order chi connectivity index (χ0) is 10.5. The molecule has 0 radical (unpaired) electrons. The minimum atomic E-state index is -0.0323. The molecule has 5 heteroatoms. The minimum absolute atomic E-state index is 0.0323. The molecule has 1 unspecified atom stereocenters. The van der Waals surface area contributed by atoms with Crippen molar-refractivity contribution in [3.8, 4) is 0 Å². The highest BCUT2D eigenvalue weighted by atomic mass is 16.6. The quantitative estimate of drug-likeness (QED) is 0.422. The van der Waals surface area contributed by atoms with E-state index in [1.807, 2.05) is 30.3 Å². The van der Waals surface area contributed by atoms with Gasteiger partial charge in [-0.2, -0.15) is 0 Å². The van der Waals surface area contributed by atoms with Crippen LogP contribution in [0.5, 0.6) is 0 Å². The largest absolute Gasteiger partial charge is 0.387 e. The lowest BCUT2D eigenvalue weighted by molar-refractivity contribution is 0.0857. The van der Waals surface area contributed by atoms with Gasteiger partial charge < -0.3 is 4.84 Å². The Morgan fingerprint density at radius 1 is 1.47 bits per heavy atom. The number of rotatable bonds is 3. The van der Waals surface area contributed by atoms with Crippen LogP contribution in [0.4, 0.5) is 0 Å². The molecule has 0 bridgehead atoms. The Balaban J connectivity index is 1.99. The molecule has 0 fully saturated rings. The summed E-state index contributed by atoms with van der Waals surface area (Å²) in [4.78, 5) is 7.94. The van der Waals surface area contributed by atoms with Crippen molar-refractivity contribution in [2.75, 3.05) is 6.54 Å². The third-order valence-electron chi connectivity index (χ3n) is 2.22. The van der Waals surface area contributed by atoms with Crippen LogP contribution in [0.2, 0.25) is 0 Å². The van der Waals surface area contributed by atoms with Crippen LogP contribution in [0.3, 0.4) is 0 Å². The summed E-state index contributed by atoms with van der Waals surface area (Å²) in [6, 6.07) is 9.88. The van der Waals surface area contributed by atoms with Gasteiger partial charge in [-0.05, 0) is 11.1 Å². The first-order valence-corrected chi connectivity index (χ1v) is 4.67. The Hall–Kier alpha value is -2.00. The zero-order valence-corrected chi connectivity index (χ0v) is 8.08. The Bertz CT molecular complexity index is 409. The van der Waals surface area contributed by atoms with Crippen LogP contribution in [0.1, 0.15) is 18.1 Å². The van der Waals surface area contributed by atoms with Gasteiger partial charge in [-0.1, -0.05) is 40.6 Å². The summed E-state index contributed by atoms with van der Waals surface area (Å²) in [5.74, 6) is 0. The molecule has 0 aromatic heterocycles. The third kappa shape index (κ3) is 2.27. The summed E-state index contributed by atoms with van der Waals surface area (Å²) in [7, 11) is 0. The SMILES string of the molecule is [N-]=[N+]=NCC1=NOC(c2ccccc2)C1. The fraction of sp³-hybridized carbons (Fsp3) is 0.300. The fourth-order valence-electron chi connectivity index (χ4n) is 1.48. The van der Waals surface area contributed by atoms with Crippen molar-refractivity contribution in [1.82, 2.24) is 0 Å². The maximum atomic E-state index is 8.17. The first-order valence-electron chi connectivity index (χ1n) is 4.67. The van der Waals surface area contributed by atoms with E-state index in [0.29, 0.717) is 13.0 Å². The van der Waals surface area contributed by atoms with E-state index < -0.39 is 0 Å². The van der Waals surface area contributed by atoms with Gasteiger partial charge in [0.05, 0.1) is 12.3 Å². The predicted molar refractivity (Wildman–Crippen MR) is 56.3 cm³/mol. The van der Waals surface area contributed by atoms with Crippen molar-refractivity contribution >= 4 is 5.71 Å². The molecule has 0 saturated heterocycles. The molecule has 1 aliphatic heterocycles. The lowest BCUT2D eigenvalue weighted by Crippen LogP contribution is -2.02. The van der Waals surface area contributed by atoms with Crippen LogP contribution in [-0.2, 0) is 4.84 Å². The van der Waals surface area contributed by atoms with E-state index in [0.717, 1.165) is 11.3 Å². The average Bonchev–Trinajstić information content (AvgIpc) is 2.76. The maximum absolute atomic E-state index is 8.17. The molecule has 1 heterocycles. The predicted octanol–water partition coefficient (Wildman–Crippen LogP) is 2.81. The summed E-state index contributed by atoms with van der Waals surface area (Å²) < 4.78 is 0. The molecule has 1 aromatic carbocycles. The monoisotopic (exact) mass is 202 g/mol. The van der Waals surface area contributed by atoms with Crippen molar-refractivity contribution in [2.24, 2.45) is 10.3 Å². The number of nitrogens with zero attached hydrogens (tertiary/aromatic N) is 4. The van der Waals surface area contributed by atoms with Crippen LogP contribution in [0.15, 0.2) is 40.6 Å². The second kappa shape index (κ2) is 4.48.